The number of aliphatic hydroxyl groups excluding tert-OH is 2. The van der Waals surface area contributed by atoms with E-state index in [2.05, 4.69) is 26.1 Å². The van der Waals surface area contributed by atoms with Gasteiger partial charge in [-0.2, -0.15) is 5.06 Å². The van der Waals surface area contributed by atoms with Gasteiger partial charge >= 0.3 is 0 Å². The Morgan fingerprint density at radius 3 is 2.71 bits per heavy atom. The zero-order valence-corrected chi connectivity index (χ0v) is 19.0. The number of carbonyl (C=O) groups is 1. The quantitative estimate of drug-likeness (QED) is 0.513. The standard InChI is InChI=1S/C24H37N3O4/c1-13-18-9-16(24(18,3)4)10-19(13)26-23(30)22-21(14(2)29)20(12-28)31-27(22)11-15-6-5-7-17(25)8-15/h5-8,13-14,16,18-22,28-29H,9-12,25H2,1-4H3,(H,26,30)/t13-,14-,16-,18+,19?,20-,21+,22-/m0/s1. The zero-order valence-electron chi connectivity index (χ0n) is 19.0. The molecule has 1 aromatic carbocycles. The van der Waals surface area contributed by atoms with Crippen molar-refractivity contribution in [1.29, 1.82) is 0 Å². The molecule has 4 aliphatic rings. The minimum absolute atomic E-state index is 0.126. The molecule has 2 bridgehead atoms. The number of nitrogens with zero attached hydrogens (tertiary/aromatic N) is 1. The predicted molar refractivity (Wildman–Crippen MR) is 118 cm³/mol. The molecule has 8 atom stereocenters. The van der Waals surface area contributed by atoms with Crippen LogP contribution in [-0.4, -0.2) is 52.1 Å². The first-order valence-electron chi connectivity index (χ1n) is 11.5. The molecular formula is C24H37N3O4. The zero-order chi connectivity index (χ0) is 22.5. The number of anilines is 1. The first kappa shape index (κ1) is 22.5. The van der Waals surface area contributed by atoms with Crippen molar-refractivity contribution in [2.24, 2.45) is 29.1 Å². The first-order valence-corrected chi connectivity index (χ1v) is 11.5. The molecule has 1 aliphatic heterocycles. The second-order valence-corrected chi connectivity index (χ2v) is 10.5. The van der Waals surface area contributed by atoms with E-state index in [-0.39, 0.29) is 18.6 Å². The molecule has 1 unspecified atom stereocenters. The van der Waals surface area contributed by atoms with Gasteiger partial charge in [0.25, 0.3) is 0 Å². The number of aliphatic hydroxyl groups is 2. The lowest BCUT2D eigenvalue weighted by atomic mass is 9.45. The summed E-state index contributed by atoms with van der Waals surface area (Å²) in [5.74, 6) is 1.02. The number of hydrogen-bond donors (Lipinski definition) is 4. The molecule has 3 aliphatic carbocycles. The maximum Gasteiger partial charge on any atom is 0.240 e. The minimum Gasteiger partial charge on any atom is -0.399 e. The van der Waals surface area contributed by atoms with Crippen molar-refractivity contribution in [2.45, 2.75) is 71.4 Å². The number of nitrogens with two attached hydrogens (primary N) is 1. The SMILES string of the molecule is C[C@H](O)[C@@H]1[C@H](CO)ON(Cc2cccc(N)c2)[C@@H]1C(=O)NC1C[C@@H]2C[C@H]([C@@H]1C)C2(C)C. The normalized spacial score (nSPS) is 37.8. The Hall–Kier alpha value is -1.67. The molecule has 5 rings (SSSR count). The molecular weight excluding hydrogens is 394 g/mol. The van der Waals surface area contributed by atoms with Crippen LogP contribution in [0, 0.1) is 29.1 Å². The second-order valence-electron chi connectivity index (χ2n) is 10.5. The van der Waals surface area contributed by atoms with Crippen LogP contribution in [0.3, 0.4) is 0 Å². The average molecular weight is 432 g/mol. The van der Waals surface area contributed by atoms with Crippen LogP contribution in [0.15, 0.2) is 24.3 Å². The molecule has 5 N–H and O–H groups in total. The highest BCUT2D eigenvalue weighted by Crippen LogP contribution is 2.61. The fourth-order valence-corrected chi connectivity index (χ4v) is 6.36. The number of fused-ring (bicyclic) bond motifs is 2. The predicted octanol–water partition coefficient (Wildman–Crippen LogP) is 1.93. The van der Waals surface area contributed by atoms with E-state index in [1.165, 1.54) is 6.42 Å². The Kier molecular flexibility index (Phi) is 6.07. The van der Waals surface area contributed by atoms with E-state index < -0.39 is 24.2 Å². The van der Waals surface area contributed by atoms with Crippen LogP contribution < -0.4 is 11.1 Å². The molecule has 3 saturated carbocycles. The first-order chi connectivity index (χ1) is 14.6. The number of benzene rings is 1. The Labute approximate surface area is 184 Å². The van der Waals surface area contributed by atoms with Crippen molar-refractivity contribution < 1.29 is 19.8 Å². The summed E-state index contributed by atoms with van der Waals surface area (Å²) >= 11 is 0. The molecule has 7 heteroatoms. The third-order valence-corrected chi connectivity index (χ3v) is 8.35. The van der Waals surface area contributed by atoms with Crippen LogP contribution in [0.25, 0.3) is 0 Å². The lowest BCUT2D eigenvalue weighted by molar-refractivity contribution is -0.183. The summed E-state index contributed by atoms with van der Waals surface area (Å²) < 4.78 is 0. The maximum absolute atomic E-state index is 13.5. The molecule has 0 aromatic heterocycles. The van der Waals surface area contributed by atoms with Gasteiger partial charge in [0.1, 0.15) is 12.1 Å². The van der Waals surface area contributed by atoms with Crippen LogP contribution >= 0.6 is 0 Å². The van der Waals surface area contributed by atoms with Crippen LogP contribution in [-0.2, 0) is 16.2 Å². The highest BCUT2D eigenvalue weighted by Gasteiger charge is 2.57. The Morgan fingerprint density at radius 2 is 2.13 bits per heavy atom. The lowest BCUT2D eigenvalue weighted by Crippen LogP contribution is -2.62. The molecule has 1 aromatic rings. The van der Waals surface area contributed by atoms with Crippen LogP contribution in [0.4, 0.5) is 5.69 Å². The molecule has 4 fully saturated rings. The highest BCUT2D eigenvalue weighted by atomic mass is 16.7. The van der Waals surface area contributed by atoms with Crippen molar-refractivity contribution in [2.75, 3.05) is 12.3 Å². The molecule has 0 spiro atoms. The van der Waals surface area contributed by atoms with E-state index in [1.54, 1.807) is 12.0 Å². The van der Waals surface area contributed by atoms with Gasteiger partial charge in [0.15, 0.2) is 0 Å². The van der Waals surface area contributed by atoms with Gasteiger partial charge in [-0.25, -0.2) is 0 Å². The van der Waals surface area contributed by atoms with E-state index in [9.17, 15) is 15.0 Å². The third-order valence-electron chi connectivity index (χ3n) is 8.35. The van der Waals surface area contributed by atoms with Crippen LogP contribution in [0.5, 0.6) is 0 Å². The number of hydrogen-bond acceptors (Lipinski definition) is 6. The summed E-state index contributed by atoms with van der Waals surface area (Å²) in [7, 11) is 0. The van der Waals surface area contributed by atoms with Gasteiger partial charge in [-0.15, -0.1) is 0 Å². The van der Waals surface area contributed by atoms with Gasteiger partial charge in [-0.1, -0.05) is 32.9 Å². The van der Waals surface area contributed by atoms with Crippen molar-refractivity contribution >= 4 is 11.6 Å². The summed E-state index contributed by atoms with van der Waals surface area (Å²) in [5.41, 5.74) is 7.82. The second kappa shape index (κ2) is 8.35. The van der Waals surface area contributed by atoms with Crippen molar-refractivity contribution in [1.82, 2.24) is 10.4 Å². The van der Waals surface area contributed by atoms with E-state index in [0.29, 0.717) is 35.4 Å². The number of rotatable bonds is 6. The minimum atomic E-state index is -0.796. The van der Waals surface area contributed by atoms with Crippen LogP contribution in [0.1, 0.15) is 46.1 Å². The number of amides is 1. The average Bonchev–Trinajstić information content (AvgIpc) is 3.07. The number of nitrogen functional groups attached to an aromatic ring is 1. The Balaban J connectivity index is 1.53. The Bertz CT molecular complexity index is 814. The largest absolute Gasteiger partial charge is 0.399 e. The smallest absolute Gasteiger partial charge is 0.240 e. The summed E-state index contributed by atoms with van der Waals surface area (Å²) in [5, 5.41) is 25.2. The van der Waals surface area contributed by atoms with Gasteiger partial charge in [0, 0.05) is 17.6 Å². The summed E-state index contributed by atoms with van der Waals surface area (Å²) in [6.45, 7) is 8.67. The fourth-order valence-electron chi connectivity index (χ4n) is 6.36. The van der Waals surface area contributed by atoms with Crippen LogP contribution in [0.2, 0.25) is 0 Å². The van der Waals surface area contributed by atoms with Crippen molar-refractivity contribution in [3.05, 3.63) is 29.8 Å². The van der Waals surface area contributed by atoms with Gasteiger partial charge in [-0.05, 0) is 60.6 Å². The fraction of sp³-hybridized carbons (Fsp3) is 0.708. The molecule has 31 heavy (non-hydrogen) atoms. The van der Waals surface area contributed by atoms with E-state index in [1.807, 2.05) is 24.3 Å². The van der Waals surface area contributed by atoms with E-state index >= 15 is 0 Å². The number of carbonyl (C=O) groups excluding carboxylic acids is 1. The van der Waals surface area contributed by atoms with Gasteiger partial charge < -0.3 is 21.3 Å². The summed E-state index contributed by atoms with van der Waals surface area (Å²) in [6, 6.07) is 6.89. The highest BCUT2D eigenvalue weighted by molar-refractivity contribution is 5.82. The molecule has 172 valence electrons. The monoisotopic (exact) mass is 431 g/mol. The molecule has 7 nitrogen and oxygen atoms in total. The number of hydroxylamine groups is 2. The third kappa shape index (κ3) is 3.97. The topological polar surface area (TPSA) is 108 Å². The van der Waals surface area contributed by atoms with E-state index in [4.69, 9.17) is 10.6 Å². The van der Waals surface area contributed by atoms with Gasteiger partial charge in [0.2, 0.25) is 5.91 Å². The van der Waals surface area contributed by atoms with Crippen molar-refractivity contribution in [3.63, 3.8) is 0 Å². The van der Waals surface area contributed by atoms with Gasteiger partial charge in [-0.3, -0.25) is 9.63 Å². The molecule has 0 radical (unpaired) electrons. The molecule has 1 saturated heterocycles. The molecule has 1 heterocycles. The number of nitrogens with one attached hydrogen (secondary N) is 1. The van der Waals surface area contributed by atoms with E-state index in [0.717, 1.165) is 12.0 Å². The summed E-state index contributed by atoms with van der Waals surface area (Å²) in [6.07, 6.45) is 0.808. The van der Waals surface area contributed by atoms with Gasteiger partial charge in [0.05, 0.1) is 19.3 Å². The Morgan fingerprint density at radius 1 is 1.39 bits per heavy atom. The lowest BCUT2D eigenvalue weighted by Gasteiger charge is -2.62. The summed E-state index contributed by atoms with van der Waals surface area (Å²) in [4.78, 5) is 19.5. The van der Waals surface area contributed by atoms with Crippen molar-refractivity contribution in [3.8, 4) is 0 Å². The maximum atomic E-state index is 13.5. The molecule has 1 amide bonds.